The zero-order valence-corrected chi connectivity index (χ0v) is 14.2. The Morgan fingerprint density at radius 3 is 2.26 bits per heavy atom. The number of carbonyl (C=O) groups excluding carboxylic acids is 1. The van der Waals surface area contributed by atoms with E-state index in [9.17, 15) is 4.79 Å². The summed E-state index contributed by atoms with van der Waals surface area (Å²) < 4.78 is 0. The summed E-state index contributed by atoms with van der Waals surface area (Å²) in [6.45, 7) is 11.2. The summed E-state index contributed by atoms with van der Waals surface area (Å²) in [5.74, 6) is 1.53. The maximum Gasteiger partial charge on any atom is 0.256 e. The van der Waals surface area contributed by atoms with Crippen molar-refractivity contribution in [3.63, 3.8) is 0 Å². The summed E-state index contributed by atoms with van der Waals surface area (Å²) in [5, 5.41) is 0. The molecule has 1 amide bonds. The maximum absolute atomic E-state index is 12.5. The van der Waals surface area contributed by atoms with Crippen molar-refractivity contribution in [3.8, 4) is 0 Å². The Bertz CT molecular complexity index is 516. The van der Waals surface area contributed by atoms with Gasteiger partial charge in [-0.1, -0.05) is 13.8 Å². The number of likely N-dealkylation sites (N-methyl/N-ethyl adjacent to an activating group) is 1. The van der Waals surface area contributed by atoms with Crippen molar-refractivity contribution in [2.24, 2.45) is 5.92 Å². The fourth-order valence-corrected chi connectivity index (χ4v) is 3.25. The predicted molar refractivity (Wildman–Crippen MR) is 90.7 cm³/mol. The molecule has 126 valence electrons. The lowest BCUT2D eigenvalue weighted by Crippen LogP contribution is -2.46. The number of amides is 1. The Balaban J connectivity index is 1.60. The molecule has 2 fully saturated rings. The van der Waals surface area contributed by atoms with Gasteiger partial charge in [0, 0.05) is 51.7 Å². The average Bonchev–Trinajstić information content (AvgIpc) is 2.62. The minimum Gasteiger partial charge on any atom is -0.339 e. The van der Waals surface area contributed by atoms with E-state index in [-0.39, 0.29) is 5.91 Å². The topological polar surface area (TPSA) is 52.6 Å². The zero-order valence-electron chi connectivity index (χ0n) is 14.2. The molecule has 0 atom stereocenters. The van der Waals surface area contributed by atoms with Crippen LogP contribution in [0.4, 0.5) is 5.95 Å². The number of likely N-dealkylation sites (tertiary alicyclic amines) is 1. The molecule has 2 saturated heterocycles. The fraction of sp³-hybridized carbons (Fsp3) is 0.706. The Morgan fingerprint density at radius 1 is 1.09 bits per heavy atom. The number of piperazine rings is 1. The van der Waals surface area contributed by atoms with Gasteiger partial charge >= 0.3 is 0 Å². The highest BCUT2D eigenvalue weighted by Gasteiger charge is 2.23. The molecule has 0 aromatic carbocycles. The molecule has 6 heteroatoms. The first-order chi connectivity index (χ1) is 11.2. The number of nitrogens with zero attached hydrogens (tertiary/aromatic N) is 5. The second kappa shape index (κ2) is 7.25. The standard InChI is InChI=1S/C17H27N5O/c1-3-20-8-10-22(11-9-20)17-18-12-15(13-19-17)16(23)21-6-4-14(2)5-7-21/h12-14H,3-11H2,1-2H3. The summed E-state index contributed by atoms with van der Waals surface area (Å²) in [4.78, 5) is 27.9. The van der Waals surface area contributed by atoms with Crippen LogP contribution in [-0.4, -0.2) is 71.5 Å². The van der Waals surface area contributed by atoms with Gasteiger partial charge in [-0.3, -0.25) is 4.79 Å². The molecule has 3 rings (SSSR count). The van der Waals surface area contributed by atoms with E-state index in [0.717, 1.165) is 70.5 Å². The number of carbonyl (C=O) groups is 1. The van der Waals surface area contributed by atoms with E-state index in [4.69, 9.17) is 0 Å². The Hall–Kier alpha value is -1.69. The number of hydrogen-bond acceptors (Lipinski definition) is 5. The van der Waals surface area contributed by atoms with E-state index in [1.807, 2.05) is 4.90 Å². The van der Waals surface area contributed by atoms with Crippen LogP contribution in [0, 0.1) is 5.92 Å². The lowest BCUT2D eigenvalue weighted by molar-refractivity contribution is 0.0696. The van der Waals surface area contributed by atoms with Crippen molar-refractivity contribution >= 4 is 11.9 Å². The Labute approximate surface area is 138 Å². The molecule has 0 radical (unpaired) electrons. The highest BCUT2D eigenvalue weighted by molar-refractivity contribution is 5.93. The van der Waals surface area contributed by atoms with Crippen LogP contribution in [0.2, 0.25) is 0 Å². The fourth-order valence-electron chi connectivity index (χ4n) is 3.25. The molecule has 0 unspecified atom stereocenters. The van der Waals surface area contributed by atoms with Gasteiger partial charge in [0.2, 0.25) is 5.95 Å². The molecular formula is C17H27N5O. The van der Waals surface area contributed by atoms with Crippen LogP contribution in [0.15, 0.2) is 12.4 Å². The van der Waals surface area contributed by atoms with E-state index in [0.29, 0.717) is 5.56 Å². The average molecular weight is 317 g/mol. The normalized spacial score (nSPS) is 20.8. The lowest BCUT2D eigenvalue weighted by atomic mass is 9.99. The van der Waals surface area contributed by atoms with Gasteiger partial charge in [-0.15, -0.1) is 0 Å². The van der Waals surface area contributed by atoms with Crippen molar-refractivity contribution in [3.05, 3.63) is 18.0 Å². The minimum absolute atomic E-state index is 0.0688. The highest BCUT2D eigenvalue weighted by Crippen LogP contribution is 2.18. The molecule has 23 heavy (non-hydrogen) atoms. The van der Waals surface area contributed by atoms with Gasteiger partial charge in [0.1, 0.15) is 0 Å². The van der Waals surface area contributed by atoms with Crippen molar-refractivity contribution < 1.29 is 4.79 Å². The second-order valence-corrected chi connectivity index (χ2v) is 6.67. The largest absolute Gasteiger partial charge is 0.339 e. The summed E-state index contributed by atoms with van der Waals surface area (Å²) >= 11 is 0. The first kappa shape index (κ1) is 16.2. The van der Waals surface area contributed by atoms with Gasteiger partial charge in [-0.2, -0.15) is 0 Å². The van der Waals surface area contributed by atoms with E-state index in [1.54, 1.807) is 12.4 Å². The molecule has 6 nitrogen and oxygen atoms in total. The summed E-state index contributed by atoms with van der Waals surface area (Å²) in [6, 6.07) is 0. The van der Waals surface area contributed by atoms with Crippen LogP contribution in [-0.2, 0) is 0 Å². The molecule has 2 aliphatic rings. The van der Waals surface area contributed by atoms with E-state index >= 15 is 0 Å². The van der Waals surface area contributed by atoms with Gasteiger partial charge in [0.15, 0.2) is 0 Å². The van der Waals surface area contributed by atoms with Gasteiger partial charge in [-0.25, -0.2) is 9.97 Å². The van der Waals surface area contributed by atoms with Gasteiger partial charge in [-0.05, 0) is 25.3 Å². The zero-order chi connectivity index (χ0) is 16.2. The molecule has 0 spiro atoms. The molecule has 0 bridgehead atoms. The molecule has 0 aliphatic carbocycles. The van der Waals surface area contributed by atoms with Crippen molar-refractivity contribution in [1.29, 1.82) is 0 Å². The molecule has 2 aliphatic heterocycles. The third kappa shape index (κ3) is 3.80. The molecule has 0 saturated carbocycles. The highest BCUT2D eigenvalue weighted by atomic mass is 16.2. The second-order valence-electron chi connectivity index (χ2n) is 6.67. The SMILES string of the molecule is CCN1CCN(c2ncc(C(=O)N3CCC(C)CC3)cn2)CC1. The quantitative estimate of drug-likeness (QED) is 0.845. The van der Waals surface area contributed by atoms with Crippen molar-refractivity contribution in [2.45, 2.75) is 26.7 Å². The number of anilines is 1. The number of aromatic nitrogens is 2. The summed E-state index contributed by atoms with van der Waals surface area (Å²) in [7, 11) is 0. The monoisotopic (exact) mass is 317 g/mol. The van der Waals surface area contributed by atoms with Gasteiger partial charge < -0.3 is 14.7 Å². The number of piperidine rings is 1. The first-order valence-corrected chi connectivity index (χ1v) is 8.76. The third-order valence-electron chi connectivity index (χ3n) is 5.06. The summed E-state index contributed by atoms with van der Waals surface area (Å²) in [5.41, 5.74) is 0.607. The maximum atomic E-state index is 12.5. The summed E-state index contributed by atoms with van der Waals surface area (Å²) in [6.07, 6.45) is 5.56. The van der Waals surface area contributed by atoms with Crippen LogP contribution in [0.3, 0.4) is 0 Å². The van der Waals surface area contributed by atoms with E-state index < -0.39 is 0 Å². The molecule has 1 aromatic rings. The van der Waals surface area contributed by atoms with E-state index in [1.165, 1.54) is 0 Å². The first-order valence-electron chi connectivity index (χ1n) is 8.76. The van der Waals surface area contributed by atoms with Crippen LogP contribution in [0.1, 0.15) is 37.0 Å². The van der Waals surface area contributed by atoms with Crippen LogP contribution < -0.4 is 4.90 Å². The Morgan fingerprint density at radius 2 is 1.70 bits per heavy atom. The van der Waals surface area contributed by atoms with Crippen LogP contribution >= 0.6 is 0 Å². The van der Waals surface area contributed by atoms with Crippen molar-refractivity contribution in [1.82, 2.24) is 19.8 Å². The number of rotatable bonds is 3. The molecule has 0 N–H and O–H groups in total. The molecule has 3 heterocycles. The molecule has 1 aromatic heterocycles. The van der Waals surface area contributed by atoms with Crippen LogP contribution in [0.25, 0.3) is 0 Å². The minimum atomic E-state index is 0.0688. The van der Waals surface area contributed by atoms with Crippen LogP contribution in [0.5, 0.6) is 0 Å². The van der Waals surface area contributed by atoms with Gasteiger partial charge in [0.25, 0.3) is 5.91 Å². The Kier molecular flexibility index (Phi) is 5.10. The molecular weight excluding hydrogens is 290 g/mol. The predicted octanol–water partition coefficient (Wildman–Crippen LogP) is 1.49. The van der Waals surface area contributed by atoms with Gasteiger partial charge in [0.05, 0.1) is 5.56 Å². The smallest absolute Gasteiger partial charge is 0.256 e. The van der Waals surface area contributed by atoms with Crippen molar-refractivity contribution in [2.75, 3.05) is 50.7 Å². The third-order valence-corrected chi connectivity index (χ3v) is 5.06. The van der Waals surface area contributed by atoms with E-state index in [2.05, 4.69) is 33.6 Å². The lowest BCUT2D eigenvalue weighted by Gasteiger charge is -2.34. The number of hydrogen-bond donors (Lipinski definition) is 0.